The summed E-state index contributed by atoms with van der Waals surface area (Å²) < 4.78 is 12.0. The van der Waals surface area contributed by atoms with Crippen LogP contribution in [-0.2, 0) is 20.4 Å². The summed E-state index contributed by atoms with van der Waals surface area (Å²) in [4.78, 5) is 27.8. The first-order valence-corrected chi connectivity index (χ1v) is 17.3. The molecule has 0 bridgehead atoms. The minimum Gasteiger partial charge on any atom is -0.447 e. The Morgan fingerprint density at radius 2 is 1.65 bits per heavy atom. The molecule has 1 aromatic carbocycles. The number of ether oxygens (including phenoxy) is 1. The zero-order valence-electron chi connectivity index (χ0n) is 24.3. The molecule has 7 heteroatoms. The van der Waals surface area contributed by atoms with E-state index in [2.05, 4.69) is 40.8 Å². The van der Waals surface area contributed by atoms with Crippen molar-refractivity contribution in [1.82, 2.24) is 4.90 Å². The van der Waals surface area contributed by atoms with Gasteiger partial charge in [-0.15, -0.1) is 0 Å². The molecule has 1 aromatic rings. The van der Waals surface area contributed by atoms with Gasteiger partial charge in [0.15, 0.2) is 8.32 Å². The molecule has 1 heterocycles. The van der Waals surface area contributed by atoms with E-state index in [1.807, 2.05) is 30.3 Å². The van der Waals surface area contributed by atoms with E-state index in [0.29, 0.717) is 12.8 Å². The first-order valence-electron chi connectivity index (χ1n) is 14.4. The lowest BCUT2D eigenvalue weighted by Gasteiger charge is -2.39. The number of cyclic esters (lactones) is 1. The monoisotopic (exact) mass is 532 g/mol. The molecule has 210 valence electrons. The van der Waals surface area contributed by atoms with Crippen molar-refractivity contribution in [2.75, 3.05) is 6.61 Å². The van der Waals surface area contributed by atoms with Gasteiger partial charge in [-0.3, -0.25) is 4.79 Å². The average Bonchev–Trinajstić information content (AvgIpc) is 3.19. The van der Waals surface area contributed by atoms with Crippen molar-refractivity contribution >= 4 is 20.3 Å². The van der Waals surface area contributed by atoms with Gasteiger partial charge >= 0.3 is 6.09 Å². The fourth-order valence-electron chi connectivity index (χ4n) is 4.58. The van der Waals surface area contributed by atoms with Gasteiger partial charge in [-0.25, -0.2) is 9.69 Å². The van der Waals surface area contributed by atoms with Crippen molar-refractivity contribution in [2.24, 2.45) is 5.73 Å². The van der Waals surface area contributed by atoms with Gasteiger partial charge in [0.25, 0.3) is 5.91 Å². The van der Waals surface area contributed by atoms with Gasteiger partial charge in [0.1, 0.15) is 12.7 Å². The molecule has 2 N–H and O–H groups in total. The Kier molecular flexibility index (Phi) is 12.8. The molecule has 1 aliphatic heterocycles. The van der Waals surface area contributed by atoms with Crippen LogP contribution >= 0.6 is 0 Å². The van der Waals surface area contributed by atoms with Crippen molar-refractivity contribution in [1.29, 1.82) is 0 Å². The third-order valence-corrected chi connectivity index (χ3v) is 12.5. The number of nitrogens with zero attached hydrogens (tertiary/aromatic N) is 1. The van der Waals surface area contributed by atoms with Crippen LogP contribution in [0, 0.1) is 0 Å². The Morgan fingerprint density at radius 1 is 1.05 bits per heavy atom. The molecule has 2 rings (SSSR count). The number of hydrogen-bond acceptors (Lipinski definition) is 5. The van der Waals surface area contributed by atoms with E-state index in [-0.39, 0.29) is 29.6 Å². The number of imide groups is 1. The number of carbonyl (C=O) groups excluding carboxylic acids is 2. The van der Waals surface area contributed by atoms with Gasteiger partial charge in [-0.05, 0) is 49.4 Å². The van der Waals surface area contributed by atoms with Crippen LogP contribution < -0.4 is 5.73 Å². The number of amides is 2. The normalized spacial score (nSPS) is 18.1. The van der Waals surface area contributed by atoms with Crippen molar-refractivity contribution in [3.8, 4) is 0 Å². The predicted molar refractivity (Wildman–Crippen MR) is 154 cm³/mol. The Balaban J connectivity index is 2.00. The zero-order chi connectivity index (χ0) is 27.5. The highest BCUT2D eigenvalue weighted by atomic mass is 28.4. The Labute approximate surface area is 226 Å². The lowest BCUT2D eigenvalue weighted by atomic mass is 10.0. The SMILES string of the molecule is CCCCCCC(N)CCCCCC(O[Si](C)(C)C(C)(C)C)C(=O)N1C(=O)OC[C@H]1Cc1ccccc1. The predicted octanol–water partition coefficient (Wildman–Crippen LogP) is 7.22. The minimum absolute atomic E-state index is 0.0367. The fourth-order valence-corrected chi connectivity index (χ4v) is 5.86. The van der Waals surface area contributed by atoms with E-state index in [4.69, 9.17) is 14.9 Å². The third-order valence-electron chi connectivity index (χ3n) is 8.00. The highest BCUT2D eigenvalue weighted by Crippen LogP contribution is 2.38. The molecule has 0 saturated carbocycles. The number of rotatable bonds is 16. The molecule has 0 aliphatic carbocycles. The molecule has 0 radical (unpaired) electrons. The number of unbranched alkanes of at least 4 members (excludes halogenated alkanes) is 5. The Morgan fingerprint density at radius 3 is 2.24 bits per heavy atom. The second-order valence-electron chi connectivity index (χ2n) is 12.2. The second-order valence-corrected chi connectivity index (χ2v) is 17.0. The van der Waals surface area contributed by atoms with E-state index in [0.717, 1.165) is 37.7 Å². The van der Waals surface area contributed by atoms with Crippen LogP contribution in [0.2, 0.25) is 18.1 Å². The van der Waals surface area contributed by atoms with Crippen LogP contribution in [0.25, 0.3) is 0 Å². The Bertz CT molecular complexity index is 825. The van der Waals surface area contributed by atoms with Crippen molar-refractivity contribution < 1.29 is 18.8 Å². The molecule has 1 aliphatic rings. The molecule has 0 spiro atoms. The van der Waals surface area contributed by atoms with E-state index in [9.17, 15) is 9.59 Å². The van der Waals surface area contributed by atoms with Crippen molar-refractivity contribution in [2.45, 2.75) is 135 Å². The number of carbonyl (C=O) groups is 2. The van der Waals surface area contributed by atoms with Crippen LogP contribution in [0.15, 0.2) is 30.3 Å². The van der Waals surface area contributed by atoms with E-state index in [1.165, 1.54) is 30.6 Å². The summed E-state index contributed by atoms with van der Waals surface area (Å²) in [6, 6.07) is 9.90. The maximum absolute atomic E-state index is 13.8. The lowest BCUT2D eigenvalue weighted by molar-refractivity contribution is -0.137. The average molecular weight is 533 g/mol. The number of hydrogen-bond donors (Lipinski definition) is 1. The molecule has 1 saturated heterocycles. The summed E-state index contributed by atoms with van der Waals surface area (Å²) >= 11 is 0. The van der Waals surface area contributed by atoms with Gasteiger partial charge < -0.3 is 14.9 Å². The summed E-state index contributed by atoms with van der Waals surface area (Å²) in [6.07, 6.45) is 10.1. The van der Waals surface area contributed by atoms with Crippen LogP contribution in [0.1, 0.15) is 97.5 Å². The zero-order valence-corrected chi connectivity index (χ0v) is 25.3. The second kappa shape index (κ2) is 15.0. The summed E-state index contributed by atoms with van der Waals surface area (Å²) in [5, 5.41) is -0.0367. The number of benzene rings is 1. The molecule has 3 atom stereocenters. The Hall–Kier alpha value is -1.70. The summed E-state index contributed by atoms with van der Waals surface area (Å²) in [5.41, 5.74) is 7.40. The first-order chi connectivity index (χ1) is 17.5. The van der Waals surface area contributed by atoms with Crippen LogP contribution in [0.3, 0.4) is 0 Å². The van der Waals surface area contributed by atoms with Gasteiger partial charge in [0.05, 0.1) is 6.04 Å². The van der Waals surface area contributed by atoms with Crippen LogP contribution in [0.4, 0.5) is 4.79 Å². The van der Waals surface area contributed by atoms with Crippen molar-refractivity contribution in [3.05, 3.63) is 35.9 Å². The molecular formula is C30H52N2O4Si. The standard InChI is InChI=1S/C30H52N2O4Si/c1-7-8-9-14-19-25(31)20-15-11-16-21-27(36-37(5,6)30(2,3)4)28(33)32-26(23-35-29(32)34)22-24-17-12-10-13-18-24/h10,12-13,17-18,25-27H,7-9,11,14-16,19-23,31H2,1-6H3/t25?,26-,27?/m1/s1. The smallest absolute Gasteiger partial charge is 0.417 e. The van der Waals surface area contributed by atoms with Gasteiger partial charge in [-0.1, -0.05) is 103 Å². The lowest BCUT2D eigenvalue weighted by Crippen LogP contribution is -2.52. The maximum atomic E-state index is 13.8. The maximum Gasteiger partial charge on any atom is 0.417 e. The number of nitrogens with two attached hydrogens (primary N) is 1. The van der Waals surface area contributed by atoms with E-state index in [1.54, 1.807) is 0 Å². The van der Waals surface area contributed by atoms with Gasteiger partial charge in [0.2, 0.25) is 0 Å². The molecule has 6 nitrogen and oxygen atoms in total. The summed E-state index contributed by atoms with van der Waals surface area (Å²) in [7, 11) is -2.23. The van der Waals surface area contributed by atoms with Crippen LogP contribution in [-0.4, -0.2) is 50.0 Å². The fraction of sp³-hybridized carbons (Fsp3) is 0.733. The summed E-state index contributed by atoms with van der Waals surface area (Å²) in [5.74, 6) is -0.249. The van der Waals surface area contributed by atoms with Gasteiger partial charge in [0, 0.05) is 6.04 Å². The molecular weight excluding hydrogens is 480 g/mol. The molecule has 0 aromatic heterocycles. The summed E-state index contributed by atoms with van der Waals surface area (Å²) in [6.45, 7) is 13.3. The molecule has 2 unspecified atom stereocenters. The van der Waals surface area contributed by atoms with Crippen molar-refractivity contribution in [3.63, 3.8) is 0 Å². The highest BCUT2D eigenvalue weighted by Gasteiger charge is 2.45. The van der Waals surface area contributed by atoms with E-state index < -0.39 is 20.5 Å². The largest absolute Gasteiger partial charge is 0.447 e. The molecule has 37 heavy (non-hydrogen) atoms. The van der Waals surface area contributed by atoms with Crippen LogP contribution in [0.5, 0.6) is 0 Å². The van der Waals surface area contributed by atoms with E-state index >= 15 is 0 Å². The first kappa shape index (κ1) is 31.5. The quantitative estimate of drug-likeness (QED) is 0.180. The van der Waals surface area contributed by atoms with Gasteiger partial charge in [-0.2, -0.15) is 0 Å². The molecule has 2 amide bonds. The molecule has 1 fully saturated rings. The topological polar surface area (TPSA) is 81.9 Å². The third kappa shape index (κ3) is 10.2. The minimum atomic E-state index is -2.23. The highest BCUT2D eigenvalue weighted by molar-refractivity contribution is 6.74.